The number of hydrogen-bond donors (Lipinski definition) is 2. The van der Waals surface area contributed by atoms with E-state index in [1.165, 1.54) is 12.1 Å². The first-order valence-electron chi connectivity index (χ1n) is 8.85. The van der Waals surface area contributed by atoms with E-state index in [2.05, 4.69) is 4.72 Å². The highest BCUT2D eigenvalue weighted by Gasteiger charge is 2.26. The Morgan fingerprint density at radius 3 is 2.42 bits per heavy atom. The molecule has 2 rings (SSSR count). The van der Waals surface area contributed by atoms with E-state index in [0.717, 1.165) is 19.4 Å². The third kappa shape index (κ3) is 5.94. The largest absolute Gasteiger partial charge is 0.338 e. The third-order valence-electron chi connectivity index (χ3n) is 4.58. The van der Waals surface area contributed by atoms with Gasteiger partial charge in [0.15, 0.2) is 0 Å². The number of nitrogens with one attached hydrogen (secondary N) is 1. The van der Waals surface area contributed by atoms with Crippen molar-refractivity contribution in [3.05, 3.63) is 29.8 Å². The Balaban J connectivity index is 0.00000338. The number of benzene rings is 1. The Bertz CT molecular complexity index is 690. The fourth-order valence-electron chi connectivity index (χ4n) is 2.94. The van der Waals surface area contributed by atoms with Gasteiger partial charge in [-0.15, -0.1) is 12.4 Å². The first-order chi connectivity index (χ1) is 11.7. The zero-order valence-corrected chi connectivity index (χ0v) is 17.3. The molecular weight excluding hydrogens is 374 g/mol. The normalized spacial score (nSPS) is 19.1. The van der Waals surface area contributed by atoms with Crippen molar-refractivity contribution < 1.29 is 13.2 Å². The van der Waals surface area contributed by atoms with Crippen molar-refractivity contribution in [3.8, 4) is 0 Å². The van der Waals surface area contributed by atoms with Crippen LogP contribution in [0.2, 0.25) is 0 Å². The molecule has 1 fully saturated rings. The summed E-state index contributed by atoms with van der Waals surface area (Å²) in [6.45, 7) is 7.62. The van der Waals surface area contributed by atoms with Gasteiger partial charge in [-0.3, -0.25) is 4.79 Å². The smallest absolute Gasteiger partial charge is 0.253 e. The van der Waals surface area contributed by atoms with Gasteiger partial charge >= 0.3 is 0 Å². The standard InChI is InChI=1S/C18H29N3O3S.ClH/c1-13(2)11-20-25(23,24)17-8-6-15(7-9-17)18(22)21-10-4-5-16(12-21)14(3)19;/h6-9,13-14,16,20H,4-5,10-12,19H2,1-3H3;1H. The van der Waals surface area contributed by atoms with Crippen molar-refractivity contribution in [2.24, 2.45) is 17.6 Å². The number of hydrogen-bond acceptors (Lipinski definition) is 4. The highest BCUT2D eigenvalue weighted by Crippen LogP contribution is 2.21. The number of carbonyl (C=O) groups excluding carboxylic acids is 1. The van der Waals surface area contributed by atoms with Crippen molar-refractivity contribution in [1.29, 1.82) is 0 Å². The number of rotatable bonds is 6. The molecule has 1 saturated heterocycles. The molecule has 1 heterocycles. The molecule has 2 unspecified atom stereocenters. The summed E-state index contributed by atoms with van der Waals surface area (Å²) >= 11 is 0. The highest BCUT2D eigenvalue weighted by atomic mass is 35.5. The quantitative estimate of drug-likeness (QED) is 0.761. The number of nitrogens with two attached hydrogens (primary N) is 1. The van der Waals surface area contributed by atoms with Crippen LogP contribution in [0.1, 0.15) is 44.0 Å². The molecule has 0 radical (unpaired) electrons. The van der Waals surface area contributed by atoms with Gasteiger partial charge in [-0.25, -0.2) is 13.1 Å². The number of carbonyl (C=O) groups is 1. The first-order valence-corrected chi connectivity index (χ1v) is 10.3. The second-order valence-corrected chi connectivity index (χ2v) is 9.05. The predicted molar refractivity (Wildman–Crippen MR) is 106 cm³/mol. The summed E-state index contributed by atoms with van der Waals surface area (Å²) in [5.41, 5.74) is 6.48. The van der Waals surface area contributed by atoms with Crippen LogP contribution >= 0.6 is 12.4 Å². The summed E-state index contributed by atoms with van der Waals surface area (Å²) in [6.07, 6.45) is 1.99. The number of halogens is 1. The molecule has 0 bridgehead atoms. The van der Waals surface area contributed by atoms with Gasteiger partial charge in [0.25, 0.3) is 5.91 Å². The van der Waals surface area contributed by atoms with Crippen molar-refractivity contribution in [2.45, 2.75) is 44.6 Å². The van der Waals surface area contributed by atoms with Gasteiger partial charge in [0.1, 0.15) is 0 Å². The number of piperidine rings is 1. The Kier molecular flexibility index (Phi) is 8.53. The van der Waals surface area contributed by atoms with Crippen LogP contribution in [-0.2, 0) is 10.0 Å². The minimum Gasteiger partial charge on any atom is -0.338 e. The summed E-state index contributed by atoms with van der Waals surface area (Å²) in [5, 5.41) is 0. The van der Waals surface area contributed by atoms with Crippen LogP contribution in [0.15, 0.2) is 29.2 Å². The molecule has 1 aromatic carbocycles. The fourth-order valence-corrected chi connectivity index (χ4v) is 4.16. The van der Waals surface area contributed by atoms with Crippen LogP contribution in [0.25, 0.3) is 0 Å². The fraction of sp³-hybridized carbons (Fsp3) is 0.611. The van der Waals surface area contributed by atoms with E-state index < -0.39 is 10.0 Å². The van der Waals surface area contributed by atoms with Gasteiger partial charge < -0.3 is 10.6 Å². The number of sulfonamides is 1. The van der Waals surface area contributed by atoms with E-state index >= 15 is 0 Å². The van der Waals surface area contributed by atoms with Gasteiger partial charge in [0.05, 0.1) is 4.90 Å². The maximum atomic E-state index is 12.7. The third-order valence-corrected chi connectivity index (χ3v) is 6.02. The number of likely N-dealkylation sites (tertiary alicyclic amines) is 1. The summed E-state index contributed by atoms with van der Waals surface area (Å²) in [5.74, 6) is 0.481. The molecule has 0 aliphatic carbocycles. The Morgan fingerprint density at radius 2 is 1.88 bits per heavy atom. The molecule has 1 aliphatic rings. The number of amides is 1. The van der Waals surface area contributed by atoms with Gasteiger partial charge in [-0.05, 0) is 55.9 Å². The summed E-state index contributed by atoms with van der Waals surface area (Å²) in [6, 6.07) is 6.21. The second kappa shape index (κ2) is 9.69. The minimum absolute atomic E-state index is 0. The van der Waals surface area contributed by atoms with Crippen LogP contribution in [0.4, 0.5) is 0 Å². The first kappa shape index (κ1) is 22.9. The lowest BCUT2D eigenvalue weighted by atomic mass is 9.92. The summed E-state index contributed by atoms with van der Waals surface area (Å²) < 4.78 is 27.0. The molecule has 26 heavy (non-hydrogen) atoms. The molecule has 8 heteroatoms. The van der Waals surface area contributed by atoms with Crippen molar-refractivity contribution in [3.63, 3.8) is 0 Å². The van der Waals surface area contributed by atoms with Crippen molar-refractivity contribution in [1.82, 2.24) is 9.62 Å². The molecule has 1 amide bonds. The topological polar surface area (TPSA) is 92.5 Å². The molecular formula is C18H30ClN3O3S. The average Bonchev–Trinajstić information content (AvgIpc) is 2.59. The van der Waals surface area contributed by atoms with E-state index in [9.17, 15) is 13.2 Å². The summed E-state index contributed by atoms with van der Waals surface area (Å²) in [4.78, 5) is 14.7. The van der Waals surface area contributed by atoms with E-state index in [-0.39, 0.29) is 35.2 Å². The highest BCUT2D eigenvalue weighted by molar-refractivity contribution is 7.89. The Hall–Kier alpha value is -1.15. The van der Waals surface area contributed by atoms with E-state index in [4.69, 9.17) is 5.73 Å². The maximum Gasteiger partial charge on any atom is 0.253 e. The Morgan fingerprint density at radius 1 is 1.27 bits per heavy atom. The molecule has 6 nitrogen and oxygen atoms in total. The number of nitrogens with zero attached hydrogens (tertiary/aromatic N) is 1. The van der Waals surface area contributed by atoms with Crippen molar-refractivity contribution >= 4 is 28.3 Å². The lowest BCUT2D eigenvalue weighted by molar-refractivity contribution is 0.0661. The van der Waals surface area contributed by atoms with Gasteiger partial charge in [0, 0.05) is 31.2 Å². The zero-order chi connectivity index (χ0) is 18.6. The molecule has 0 spiro atoms. The molecule has 148 valence electrons. The van der Waals surface area contributed by atoms with Crippen LogP contribution in [0, 0.1) is 11.8 Å². The van der Waals surface area contributed by atoms with Crippen molar-refractivity contribution in [2.75, 3.05) is 19.6 Å². The molecule has 2 atom stereocenters. The van der Waals surface area contributed by atoms with Crippen LogP contribution in [0.5, 0.6) is 0 Å². The molecule has 1 aliphatic heterocycles. The lowest BCUT2D eigenvalue weighted by Crippen LogP contribution is -2.45. The Labute approximate surface area is 163 Å². The van der Waals surface area contributed by atoms with Gasteiger partial charge in [-0.1, -0.05) is 13.8 Å². The lowest BCUT2D eigenvalue weighted by Gasteiger charge is -2.34. The van der Waals surface area contributed by atoms with Crippen LogP contribution < -0.4 is 10.5 Å². The van der Waals surface area contributed by atoms with Crippen LogP contribution in [0.3, 0.4) is 0 Å². The SMILES string of the molecule is CC(C)CNS(=O)(=O)c1ccc(C(=O)N2CCCC(C(C)N)C2)cc1.Cl. The van der Waals surface area contributed by atoms with E-state index in [1.807, 2.05) is 25.7 Å². The maximum absolute atomic E-state index is 12.7. The van der Waals surface area contributed by atoms with E-state index in [1.54, 1.807) is 12.1 Å². The second-order valence-electron chi connectivity index (χ2n) is 7.28. The van der Waals surface area contributed by atoms with Gasteiger partial charge in [-0.2, -0.15) is 0 Å². The van der Waals surface area contributed by atoms with Crippen LogP contribution in [-0.4, -0.2) is 44.9 Å². The molecule has 0 saturated carbocycles. The zero-order valence-electron chi connectivity index (χ0n) is 15.6. The molecule has 1 aromatic rings. The molecule has 0 aromatic heterocycles. The monoisotopic (exact) mass is 403 g/mol. The van der Waals surface area contributed by atoms with Gasteiger partial charge in [0.2, 0.25) is 10.0 Å². The minimum atomic E-state index is -3.53. The summed E-state index contributed by atoms with van der Waals surface area (Å²) in [7, 11) is -3.53. The molecule has 3 N–H and O–H groups in total. The van der Waals surface area contributed by atoms with E-state index in [0.29, 0.717) is 24.6 Å². The predicted octanol–water partition coefficient (Wildman–Crippen LogP) is 2.24. The average molecular weight is 404 g/mol.